The van der Waals surface area contributed by atoms with Gasteiger partial charge in [-0.2, -0.15) is 0 Å². The summed E-state index contributed by atoms with van der Waals surface area (Å²) in [5.41, 5.74) is 1.97. The summed E-state index contributed by atoms with van der Waals surface area (Å²) in [6.45, 7) is 9.85. The van der Waals surface area contributed by atoms with E-state index in [1.807, 2.05) is 6.07 Å². The van der Waals surface area contributed by atoms with Gasteiger partial charge in [0, 0.05) is 0 Å². The zero-order valence-corrected chi connectivity index (χ0v) is 9.37. The normalized spacial score (nSPS) is 11.1. The van der Waals surface area contributed by atoms with Crippen LogP contribution in [0.25, 0.3) is 6.08 Å². The van der Waals surface area contributed by atoms with E-state index in [4.69, 9.17) is 5.11 Å². The van der Waals surface area contributed by atoms with Crippen LogP contribution in [0.1, 0.15) is 42.3 Å². The molecule has 0 radical (unpaired) electrons. The average molecular weight is 204 g/mol. The SMILES string of the molecule is C=Cc1c(C(=O)O)cccc1C(C)(C)C. The lowest BCUT2D eigenvalue weighted by Gasteiger charge is -2.22. The monoisotopic (exact) mass is 204 g/mol. The summed E-state index contributed by atoms with van der Waals surface area (Å²) in [5, 5.41) is 9.04. The van der Waals surface area contributed by atoms with Crippen LogP contribution in [-0.4, -0.2) is 11.1 Å². The van der Waals surface area contributed by atoms with Crippen LogP contribution < -0.4 is 0 Å². The van der Waals surface area contributed by atoms with Crippen molar-refractivity contribution in [2.24, 2.45) is 0 Å². The maximum atomic E-state index is 11.0. The third kappa shape index (κ3) is 2.27. The quantitative estimate of drug-likeness (QED) is 0.802. The van der Waals surface area contributed by atoms with Crippen molar-refractivity contribution >= 4 is 12.0 Å². The molecule has 0 amide bonds. The maximum Gasteiger partial charge on any atom is 0.336 e. The van der Waals surface area contributed by atoms with Crippen LogP contribution in [0.5, 0.6) is 0 Å². The van der Waals surface area contributed by atoms with Crippen molar-refractivity contribution in [3.63, 3.8) is 0 Å². The van der Waals surface area contributed by atoms with Gasteiger partial charge in [-0.1, -0.05) is 45.6 Å². The molecule has 80 valence electrons. The molecule has 15 heavy (non-hydrogen) atoms. The van der Waals surface area contributed by atoms with Gasteiger partial charge < -0.3 is 5.11 Å². The highest BCUT2D eigenvalue weighted by molar-refractivity contribution is 5.92. The van der Waals surface area contributed by atoms with E-state index in [0.29, 0.717) is 5.56 Å². The Kier molecular flexibility index (Phi) is 2.98. The molecule has 0 heterocycles. The fourth-order valence-electron chi connectivity index (χ4n) is 1.63. The molecule has 2 heteroatoms. The first-order valence-electron chi connectivity index (χ1n) is 4.87. The molecule has 0 aliphatic carbocycles. The third-order valence-electron chi connectivity index (χ3n) is 2.35. The summed E-state index contributed by atoms with van der Waals surface area (Å²) < 4.78 is 0. The van der Waals surface area contributed by atoms with Crippen LogP contribution in [0.3, 0.4) is 0 Å². The second kappa shape index (κ2) is 3.89. The molecule has 0 aliphatic heterocycles. The molecule has 0 spiro atoms. The van der Waals surface area contributed by atoms with E-state index in [1.165, 1.54) is 0 Å². The number of carboxylic acids is 1. The number of hydrogen-bond acceptors (Lipinski definition) is 1. The lowest BCUT2D eigenvalue weighted by atomic mass is 9.82. The predicted octanol–water partition coefficient (Wildman–Crippen LogP) is 3.33. The molecule has 1 aromatic rings. The lowest BCUT2D eigenvalue weighted by Crippen LogP contribution is -2.15. The summed E-state index contributed by atoms with van der Waals surface area (Å²) in [6.07, 6.45) is 1.62. The Morgan fingerprint density at radius 2 is 2.00 bits per heavy atom. The van der Waals surface area contributed by atoms with Crippen LogP contribution in [0.2, 0.25) is 0 Å². The second-order valence-electron chi connectivity index (χ2n) is 4.53. The average Bonchev–Trinajstić information content (AvgIpc) is 2.15. The fourth-order valence-corrected chi connectivity index (χ4v) is 1.63. The standard InChI is InChI=1S/C13H16O2/c1-5-9-10(12(14)15)7-6-8-11(9)13(2,3)4/h5-8H,1H2,2-4H3,(H,14,15). The van der Waals surface area contributed by atoms with Crippen molar-refractivity contribution < 1.29 is 9.90 Å². The Morgan fingerprint density at radius 1 is 1.40 bits per heavy atom. The first-order valence-corrected chi connectivity index (χ1v) is 4.87. The van der Waals surface area contributed by atoms with E-state index in [1.54, 1.807) is 18.2 Å². The number of aromatic carboxylic acids is 1. The fraction of sp³-hybridized carbons (Fsp3) is 0.308. The Morgan fingerprint density at radius 3 is 2.40 bits per heavy atom. The summed E-state index contributed by atoms with van der Waals surface area (Å²) in [7, 11) is 0. The molecule has 1 aromatic carbocycles. The summed E-state index contributed by atoms with van der Waals surface area (Å²) in [4.78, 5) is 11.0. The number of rotatable bonds is 2. The van der Waals surface area contributed by atoms with Gasteiger partial charge in [0.05, 0.1) is 5.56 Å². The molecule has 1 N–H and O–H groups in total. The van der Waals surface area contributed by atoms with Crippen LogP contribution in [0, 0.1) is 0 Å². The van der Waals surface area contributed by atoms with E-state index in [0.717, 1.165) is 11.1 Å². The highest BCUT2D eigenvalue weighted by Crippen LogP contribution is 2.28. The molecule has 0 bridgehead atoms. The van der Waals surface area contributed by atoms with Crippen LogP contribution in [0.15, 0.2) is 24.8 Å². The van der Waals surface area contributed by atoms with Gasteiger partial charge in [0.15, 0.2) is 0 Å². The number of hydrogen-bond donors (Lipinski definition) is 1. The third-order valence-corrected chi connectivity index (χ3v) is 2.35. The minimum Gasteiger partial charge on any atom is -0.478 e. The molecule has 2 nitrogen and oxygen atoms in total. The molecule has 1 rings (SSSR count). The Hall–Kier alpha value is -1.57. The molecule has 0 saturated carbocycles. The predicted molar refractivity (Wildman–Crippen MR) is 62.2 cm³/mol. The van der Waals surface area contributed by atoms with Gasteiger partial charge in [0.1, 0.15) is 0 Å². The summed E-state index contributed by atoms with van der Waals surface area (Å²) in [6, 6.07) is 5.33. The van der Waals surface area contributed by atoms with Crippen molar-refractivity contribution in [3.05, 3.63) is 41.5 Å². The lowest BCUT2D eigenvalue weighted by molar-refractivity contribution is 0.0696. The number of carbonyl (C=O) groups is 1. The van der Waals surface area contributed by atoms with Gasteiger partial charge >= 0.3 is 5.97 Å². The van der Waals surface area contributed by atoms with Crippen molar-refractivity contribution in [3.8, 4) is 0 Å². The summed E-state index contributed by atoms with van der Waals surface area (Å²) >= 11 is 0. The van der Waals surface area contributed by atoms with Crippen molar-refractivity contribution in [2.45, 2.75) is 26.2 Å². The summed E-state index contributed by atoms with van der Waals surface area (Å²) in [5.74, 6) is -0.906. The van der Waals surface area contributed by atoms with Crippen LogP contribution in [-0.2, 0) is 5.41 Å². The van der Waals surface area contributed by atoms with Gasteiger partial charge in [-0.05, 0) is 22.6 Å². The van der Waals surface area contributed by atoms with Gasteiger partial charge in [0.2, 0.25) is 0 Å². The molecule has 0 saturated heterocycles. The molecule has 0 aromatic heterocycles. The Balaban J connectivity index is 3.48. The largest absolute Gasteiger partial charge is 0.478 e. The molecular weight excluding hydrogens is 188 g/mol. The first-order chi connectivity index (χ1) is 6.88. The number of carboxylic acid groups (broad SMARTS) is 1. The van der Waals surface area contributed by atoms with E-state index in [9.17, 15) is 4.79 Å². The van der Waals surface area contributed by atoms with E-state index >= 15 is 0 Å². The van der Waals surface area contributed by atoms with Crippen LogP contribution in [0.4, 0.5) is 0 Å². The van der Waals surface area contributed by atoms with Gasteiger partial charge in [-0.3, -0.25) is 0 Å². The highest BCUT2D eigenvalue weighted by atomic mass is 16.4. The topological polar surface area (TPSA) is 37.3 Å². The van der Waals surface area contributed by atoms with Gasteiger partial charge in [-0.25, -0.2) is 4.79 Å². The number of benzene rings is 1. The molecule has 0 unspecified atom stereocenters. The van der Waals surface area contributed by atoms with Crippen molar-refractivity contribution in [1.29, 1.82) is 0 Å². The van der Waals surface area contributed by atoms with Crippen molar-refractivity contribution in [2.75, 3.05) is 0 Å². The zero-order valence-electron chi connectivity index (χ0n) is 9.37. The minimum absolute atomic E-state index is 0.0744. The van der Waals surface area contributed by atoms with Gasteiger partial charge in [-0.15, -0.1) is 0 Å². The molecular formula is C13H16O2. The zero-order chi connectivity index (χ0) is 11.6. The second-order valence-corrected chi connectivity index (χ2v) is 4.53. The van der Waals surface area contributed by atoms with E-state index in [-0.39, 0.29) is 5.41 Å². The van der Waals surface area contributed by atoms with Crippen LogP contribution >= 0.6 is 0 Å². The van der Waals surface area contributed by atoms with E-state index in [2.05, 4.69) is 27.4 Å². The molecule has 0 atom stereocenters. The van der Waals surface area contributed by atoms with E-state index < -0.39 is 5.97 Å². The molecule has 0 fully saturated rings. The van der Waals surface area contributed by atoms with Gasteiger partial charge in [0.25, 0.3) is 0 Å². The highest BCUT2D eigenvalue weighted by Gasteiger charge is 2.20. The maximum absolute atomic E-state index is 11.0. The smallest absolute Gasteiger partial charge is 0.336 e. The molecule has 0 aliphatic rings. The first kappa shape index (κ1) is 11.5. The van der Waals surface area contributed by atoms with Crippen molar-refractivity contribution in [1.82, 2.24) is 0 Å². The Bertz CT molecular complexity index is 397. The minimum atomic E-state index is -0.906. The Labute approximate surface area is 90.3 Å².